The number of fused-ring (bicyclic) bond motifs is 1. The van der Waals surface area contributed by atoms with E-state index in [-0.39, 0.29) is 0 Å². The molecule has 3 nitrogen and oxygen atoms in total. The zero-order chi connectivity index (χ0) is 16.5. The predicted octanol–water partition coefficient (Wildman–Crippen LogP) is 5.01. The standard InChI is InChI=1S/C21H18N2O/c1-15-12-17-8-9-19(16-6-5-7-18(13-16)24-2)22-20(17)14-21(15)23-10-3-4-11-23/h3-14H,1-2H3. The summed E-state index contributed by atoms with van der Waals surface area (Å²) in [6.07, 6.45) is 4.11. The lowest BCUT2D eigenvalue weighted by Crippen LogP contribution is -1.95. The Hall–Kier alpha value is -3.07. The van der Waals surface area contributed by atoms with Gasteiger partial charge in [-0.3, -0.25) is 0 Å². The first kappa shape index (κ1) is 14.5. The number of rotatable bonds is 3. The molecule has 2 heterocycles. The van der Waals surface area contributed by atoms with Crippen molar-refractivity contribution in [2.45, 2.75) is 6.92 Å². The summed E-state index contributed by atoms with van der Waals surface area (Å²) in [7, 11) is 1.68. The van der Waals surface area contributed by atoms with Crippen molar-refractivity contribution in [2.24, 2.45) is 0 Å². The zero-order valence-corrected chi connectivity index (χ0v) is 13.7. The van der Waals surface area contributed by atoms with Gasteiger partial charge in [-0.25, -0.2) is 4.98 Å². The summed E-state index contributed by atoms with van der Waals surface area (Å²) in [5, 5.41) is 1.15. The van der Waals surface area contributed by atoms with Gasteiger partial charge in [0.2, 0.25) is 0 Å². The van der Waals surface area contributed by atoms with Crippen molar-refractivity contribution in [3.8, 4) is 22.7 Å². The third-order valence-corrected chi connectivity index (χ3v) is 4.26. The molecule has 4 rings (SSSR count). The van der Waals surface area contributed by atoms with E-state index >= 15 is 0 Å². The first-order valence-corrected chi connectivity index (χ1v) is 7.94. The zero-order valence-electron chi connectivity index (χ0n) is 13.7. The molecular formula is C21H18N2O. The van der Waals surface area contributed by atoms with Gasteiger partial charge in [-0.05, 0) is 55.0 Å². The number of aromatic nitrogens is 2. The Bertz CT molecular complexity index is 1000. The van der Waals surface area contributed by atoms with Crippen LogP contribution in [0.25, 0.3) is 27.8 Å². The summed E-state index contributed by atoms with van der Waals surface area (Å²) in [4.78, 5) is 4.86. The molecule has 24 heavy (non-hydrogen) atoms. The van der Waals surface area contributed by atoms with Crippen molar-refractivity contribution in [1.82, 2.24) is 9.55 Å². The number of hydrogen-bond acceptors (Lipinski definition) is 2. The first-order valence-electron chi connectivity index (χ1n) is 7.94. The Balaban J connectivity index is 1.86. The number of ether oxygens (including phenoxy) is 1. The highest BCUT2D eigenvalue weighted by molar-refractivity contribution is 5.84. The molecule has 0 atom stereocenters. The van der Waals surface area contributed by atoms with Crippen LogP contribution < -0.4 is 4.74 Å². The summed E-state index contributed by atoms with van der Waals surface area (Å²) in [6.45, 7) is 2.13. The third-order valence-electron chi connectivity index (χ3n) is 4.26. The summed E-state index contributed by atoms with van der Waals surface area (Å²) in [5.74, 6) is 0.839. The lowest BCUT2D eigenvalue weighted by Gasteiger charge is -2.10. The number of aryl methyl sites for hydroxylation is 1. The second kappa shape index (κ2) is 5.85. The van der Waals surface area contributed by atoms with Gasteiger partial charge in [-0.2, -0.15) is 0 Å². The van der Waals surface area contributed by atoms with Crippen molar-refractivity contribution >= 4 is 10.9 Å². The van der Waals surface area contributed by atoms with Crippen LogP contribution in [0.4, 0.5) is 0 Å². The van der Waals surface area contributed by atoms with Gasteiger partial charge >= 0.3 is 0 Å². The third kappa shape index (κ3) is 2.54. The van der Waals surface area contributed by atoms with Crippen LogP contribution in [-0.2, 0) is 0 Å². The minimum absolute atomic E-state index is 0.839. The van der Waals surface area contributed by atoms with E-state index in [0.717, 1.165) is 33.6 Å². The van der Waals surface area contributed by atoms with Crippen molar-refractivity contribution < 1.29 is 4.74 Å². The Kier molecular flexibility index (Phi) is 3.54. The molecule has 4 aromatic rings. The fraction of sp³-hybridized carbons (Fsp3) is 0.0952. The monoisotopic (exact) mass is 314 g/mol. The smallest absolute Gasteiger partial charge is 0.119 e. The molecule has 0 spiro atoms. The lowest BCUT2D eigenvalue weighted by atomic mass is 10.1. The number of nitrogens with zero attached hydrogens (tertiary/aromatic N) is 2. The molecule has 118 valence electrons. The Morgan fingerprint density at radius 3 is 2.54 bits per heavy atom. The van der Waals surface area contributed by atoms with Gasteiger partial charge in [-0.1, -0.05) is 18.2 Å². The Morgan fingerprint density at radius 1 is 0.917 bits per heavy atom. The van der Waals surface area contributed by atoms with Crippen LogP contribution in [0.15, 0.2) is 73.1 Å². The van der Waals surface area contributed by atoms with Crippen LogP contribution in [0.2, 0.25) is 0 Å². The minimum Gasteiger partial charge on any atom is -0.497 e. The molecule has 2 aromatic carbocycles. The molecule has 2 aromatic heterocycles. The highest BCUT2D eigenvalue weighted by Crippen LogP contribution is 2.27. The number of methoxy groups -OCH3 is 1. The molecule has 0 amide bonds. The topological polar surface area (TPSA) is 27.1 Å². The van der Waals surface area contributed by atoms with E-state index < -0.39 is 0 Å². The maximum atomic E-state index is 5.32. The van der Waals surface area contributed by atoms with E-state index in [0.29, 0.717) is 0 Å². The van der Waals surface area contributed by atoms with E-state index in [1.165, 1.54) is 5.56 Å². The molecule has 0 fully saturated rings. The lowest BCUT2D eigenvalue weighted by molar-refractivity contribution is 0.415. The summed E-state index contributed by atoms with van der Waals surface area (Å²) >= 11 is 0. The normalized spacial score (nSPS) is 10.9. The molecule has 0 radical (unpaired) electrons. The van der Waals surface area contributed by atoms with Gasteiger partial charge in [-0.15, -0.1) is 0 Å². The van der Waals surface area contributed by atoms with E-state index in [2.05, 4.69) is 54.2 Å². The molecular weight excluding hydrogens is 296 g/mol. The summed E-state index contributed by atoms with van der Waals surface area (Å²) in [5.41, 5.74) is 5.38. The van der Waals surface area contributed by atoms with Crippen molar-refractivity contribution in [3.63, 3.8) is 0 Å². The van der Waals surface area contributed by atoms with Gasteiger partial charge in [0.25, 0.3) is 0 Å². The highest BCUT2D eigenvalue weighted by atomic mass is 16.5. The van der Waals surface area contributed by atoms with Crippen LogP contribution in [0, 0.1) is 6.92 Å². The van der Waals surface area contributed by atoms with Crippen LogP contribution >= 0.6 is 0 Å². The first-order chi connectivity index (χ1) is 11.7. The van der Waals surface area contributed by atoms with E-state index in [4.69, 9.17) is 9.72 Å². The van der Waals surface area contributed by atoms with Gasteiger partial charge in [0, 0.05) is 29.0 Å². The molecule has 0 saturated heterocycles. The average Bonchev–Trinajstić information content (AvgIpc) is 3.15. The molecule has 3 heteroatoms. The second-order valence-corrected chi connectivity index (χ2v) is 5.85. The van der Waals surface area contributed by atoms with Gasteiger partial charge in [0.1, 0.15) is 5.75 Å². The maximum Gasteiger partial charge on any atom is 0.119 e. The fourth-order valence-electron chi connectivity index (χ4n) is 2.99. The van der Waals surface area contributed by atoms with E-state index in [1.807, 2.05) is 30.3 Å². The van der Waals surface area contributed by atoms with Crippen LogP contribution in [0.1, 0.15) is 5.56 Å². The maximum absolute atomic E-state index is 5.32. The summed E-state index contributed by atoms with van der Waals surface area (Å²) in [6, 6.07) is 20.6. The average molecular weight is 314 g/mol. The Morgan fingerprint density at radius 2 is 1.75 bits per heavy atom. The highest BCUT2D eigenvalue weighted by Gasteiger charge is 2.07. The molecule has 0 bridgehead atoms. The van der Waals surface area contributed by atoms with Crippen molar-refractivity contribution in [3.05, 3.63) is 78.6 Å². The van der Waals surface area contributed by atoms with Crippen LogP contribution in [-0.4, -0.2) is 16.7 Å². The second-order valence-electron chi connectivity index (χ2n) is 5.85. The van der Waals surface area contributed by atoms with Crippen molar-refractivity contribution in [1.29, 1.82) is 0 Å². The predicted molar refractivity (Wildman–Crippen MR) is 97.8 cm³/mol. The molecule has 0 aliphatic rings. The van der Waals surface area contributed by atoms with Gasteiger partial charge < -0.3 is 9.30 Å². The molecule has 0 unspecified atom stereocenters. The van der Waals surface area contributed by atoms with E-state index in [9.17, 15) is 0 Å². The SMILES string of the molecule is COc1cccc(-c2ccc3cc(C)c(-n4cccc4)cc3n2)c1. The van der Waals surface area contributed by atoms with Crippen molar-refractivity contribution in [2.75, 3.05) is 7.11 Å². The molecule has 0 aliphatic heterocycles. The minimum atomic E-state index is 0.839. The molecule has 0 aliphatic carbocycles. The van der Waals surface area contributed by atoms with Crippen LogP contribution in [0.5, 0.6) is 5.75 Å². The van der Waals surface area contributed by atoms with Crippen LogP contribution in [0.3, 0.4) is 0 Å². The number of hydrogen-bond donors (Lipinski definition) is 0. The summed E-state index contributed by atoms with van der Waals surface area (Å²) < 4.78 is 7.44. The quantitative estimate of drug-likeness (QED) is 0.531. The number of pyridine rings is 1. The van der Waals surface area contributed by atoms with Gasteiger partial charge in [0.05, 0.1) is 18.3 Å². The molecule has 0 N–H and O–H groups in total. The number of benzene rings is 2. The Labute approximate surface area is 141 Å². The van der Waals surface area contributed by atoms with Gasteiger partial charge in [0.15, 0.2) is 0 Å². The van der Waals surface area contributed by atoms with E-state index in [1.54, 1.807) is 7.11 Å². The largest absolute Gasteiger partial charge is 0.497 e. The fourth-order valence-corrected chi connectivity index (χ4v) is 2.99. The molecule has 0 saturated carbocycles.